The van der Waals surface area contributed by atoms with Gasteiger partial charge in [-0.3, -0.25) is 15.6 Å². The molecule has 0 unspecified atom stereocenters. The second kappa shape index (κ2) is 6.26. The molecule has 2 aromatic heterocycles. The fraction of sp³-hybridized carbons (Fsp3) is 0.188. The van der Waals surface area contributed by atoms with Crippen molar-refractivity contribution < 1.29 is 4.79 Å². The number of halogens is 1. The van der Waals surface area contributed by atoms with Crippen molar-refractivity contribution in [2.45, 2.75) is 18.8 Å². The Kier molecular flexibility index (Phi) is 3.95. The number of hydrazine groups is 1. The maximum absolute atomic E-state index is 12.6. The number of carbonyl (C=O) groups excluding carboxylic acids is 1. The van der Waals surface area contributed by atoms with E-state index in [-0.39, 0.29) is 5.91 Å². The average molecular weight is 360 g/mol. The Bertz CT molecular complexity index is 855. The first-order valence-electron chi connectivity index (χ1n) is 7.52. The summed E-state index contributed by atoms with van der Waals surface area (Å²) in [5, 5.41) is 7.84. The number of carbonyl (C=O) groups is 1. The van der Waals surface area contributed by atoms with E-state index < -0.39 is 0 Å². The lowest BCUT2D eigenvalue weighted by Crippen LogP contribution is -2.29. The van der Waals surface area contributed by atoms with Crippen LogP contribution in [0.15, 0.2) is 42.0 Å². The van der Waals surface area contributed by atoms with Crippen molar-refractivity contribution in [3.05, 3.63) is 58.3 Å². The Labute approximate surface area is 147 Å². The number of anilines is 1. The monoisotopic (exact) mass is 359 g/mol. The third-order valence-electron chi connectivity index (χ3n) is 3.73. The van der Waals surface area contributed by atoms with Crippen LogP contribution < -0.4 is 10.9 Å². The van der Waals surface area contributed by atoms with Gasteiger partial charge in [-0.2, -0.15) is 5.10 Å². The lowest BCUT2D eigenvalue weighted by atomic mass is 10.2. The lowest BCUT2D eigenvalue weighted by molar-refractivity contribution is 0.0961. The molecule has 1 fully saturated rings. The highest BCUT2D eigenvalue weighted by molar-refractivity contribution is 7.12. The molecule has 8 heteroatoms. The van der Waals surface area contributed by atoms with Crippen LogP contribution >= 0.6 is 22.9 Å². The van der Waals surface area contributed by atoms with E-state index in [0.717, 1.165) is 29.4 Å². The third-order valence-corrected chi connectivity index (χ3v) is 4.74. The predicted molar refractivity (Wildman–Crippen MR) is 93.8 cm³/mol. The zero-order chi connectivity index (χ0) is 16.5. The van der Waals surface area contributed by atoms with Crippen molar-refractivity contribution in [3.8, 4) is 5.13 Å². The van der Waals surface area contributed by atoms with Gasteiger partial charge in [-0.1, -0.05) is 11.6 Å². The van der Waals surface area contributed by atoms with E-state index in [1.54, 1.807) is 41.3 Å². The molecule has 3 aromatic rings. The van der Waals surface area contributed by atoms with Gasteiger partial charge in [-0.15, -0.1) is 11.3 Å². The molecule has 6 nitrogen and oxygen atoms in total. The fourth-order valence-corrected chi connectivity index (χ4v) is 3.07. The van der Waals surface area contributed by atoms with Gasteiger partial charge in [0.15, 0.2) is 0 Å². The molecule has 24 heavy (non-hydrogen) atoms. The fourth-order valence-electron chi connectivity index (χ4n) is 2.38. The van der Waals surface area contributed by atoms with Crippen LogP contribution in [0.25, 0.3) is 5.13 Å². The van der Waals surface area contributed by atoms with Gasteiger partial charge >= 0.3 is 0 Å². The smallest absolute Gasteiger partial charge is 0.273 e. The standard InChI is InChI=1S/C16H14ClN5OS/c17-11-3-5-12(6-4-11)19-20-15(23)13-9-22(16-18-7-8-24-16)21-14(13)10-1-2-10/h3-10,19H,1-2H2,(H,20,23). The number of hydrogen-bond acceptors (Lipinski definition) is 5. The highest BCUT2D eigenvalue weighted by Gasteiger charge is 2.32. The first-order valence-corrected chi connectivity index (χ1v) is 8.78. The number of nitrogens with one attached hydrogen (secondary N) is 2. The molecule has 0 spiro atoms. The Morgan fingerprint density at radius 2 is 2.08 bits per heavy atom. The van der Waals surface area contributed by atoms with Crippen LogP contribution in [-0.2, 0) is 0 Å². The molecule has 1 aliphatic rings. The number of hydrogen-bond donors (Lipinski definition) is 2. The summed E-state index contributed by atoms with van der Waals surface area (Å²) >= 11 is 7.34. The van der Waals surface area contributed by atoms with Gasteiger partial charge in [0.25, 0.3) is 5.91 Å². The minimum Gasteiger partial charge on any atom is -0.298 e. The molecule has 0 atom stereocenters. The summed E-state index contributed by atoms with van der Waals surface area (Å²) in [5.41, 5.74) is 7.78. The average Bonchev–Trinajstić information content (AvgIpc) is 3.12. The summed E-state index contributed by atoms with van der Waals surface area (Å²) in [5.74, 6) is 0.150. The number of amides is 1. The maximum atomic E-state index is 12.6. The van der Waals surface area contributed by atoms with Crippen LogP contribution in [-0.4, -0.2) is 20.7 Å². The number of rotatable bonds is 5. The number of aromatic nitrogens is 3. The largest absolute Gasteiger partial charge is 0.298 e. The van der Waals surface area contributed by atoms with Crippen molar-refractivity contribution in [1.29, 1.82) is 0 Å². The van der Waals surface area contributed by atoms with Crippen molar-refractivity contribution in [2.75, 3.05) is 5.43 Å². The first kappa shape index (κ1) is 15.2. The zero-order valence-electron chi connectivity index (χ0n) is 12.6. The van der Waals surface area contributed by atoms with Crippen molar-refractivity contribution in [1.82, 2.24) is 20.2 Å². The lowest BCUT2D eigenvalue weighted by Gasteiger charge is -2.08. The molecule has 2 N–H and O–H groups in total. The molecule has 4 rings (SSSR count). The van der Waals surface area contributed by atoms with E-state index in [4.69, 9.17) is 11.6 Å². The van der Waals surface area contributed by atoms with E-state index in [2.05, 4.69) is 20.9 Å². The van der Waals surface area contributed by atoms with Gasteiger partial charge in [0.05, 0.1) is 16.9 Å². The number of thiazole rings is 1. The molecule has 0 aliphatic heterocycles. The van der Waals surface area contributed by atoms with Crippen molar-refractivity contribution in [3.63, 3.8) is 0 Å². The number of nitrogens with zero attached hydrogens (tertiary/aromatic N) is 3. The molecule has 1 amide bonds. The third kappa shape index (κ3) is 3.13. The summed E-state index contributed by atoms with van der Waals surface area (Å²) in [6, 6.07) is 7.10. The summed E-state index contributed by atoms with van der Waals surface area (Å²) in [6.45, 7) is 0. The minimum atomic E-state index is -0.213. The molecule has 2 heterocycles. The van der Waals surface area contributed by atoms with Crippen molar-refractivity contribution >= 4 is 34.5 Å². The van der Waals surface area contributed by atoms with Crippen LogP contribution in [0.4, 0.5) is 5.69 Å². The summed E-state index contributed by atoms with van der Waals surface area (Å²) in [6.07, 6.45) is 5.60. The SMILES string of the molecule is O=C(NNc1ccc(Cl)cc1)c1cn(-c2nccs2)nc1C1CC1. The zero-order valence-corrected chi connectivity index (χ0v) is 14.1. The quantitative estimate of drug-likeness (QED) is 0.682. The van der Waals surface area contributed by atoms with Gasteiger partial charge in [0.2, 0.25) is 5.13 Å². The Hall–Kier alpha value is -2.38. The molecule has 0 saturated heterocycles. The van der Waals surface area contributed by atoms with Crippen LogP contribution in [0.5, 0.6) is 0 Å². The normalized spacial score (nSPS) is 13.7. The summed E-state index contributed by atoms with van der Waals surface area (Å²) < 4.78 is 1.68. The van der Waals surface area contributed by atoms with Crippen molar-refractivity contribution in [2.24, 2.45) is 0 Å². The van der Waals surface area contributed by atoms with E-state index in [1.165, 1.54) is 11.3 Å². The molecule has 0 bridgehead atoms. The first-order chi connectivity index (χ1) is 11.7. The number of benzene rings is 1. The predicted octanol–water partition coefficient (Wildman–Crippen LogP) is 3.62. The molecule has 1 saturated carbocycles. The highest BCUT2D eigenvalue weighted by atomic mass is 35.5. The molecular formula is C16H14ClN5OS. The van der Waals surface area contributed by atoms with E-state index in [0.29, 0.717) is 16.5 Å². The Morgan fingerprint density at radius 3 is 2.75 bits per heavy atom. The molecule has 0 radical (unpaired) electrons. The van der Waals surface area contributed by atoms with E-state index in [1.807, 2.05) is 5.38 Å². The van der Waals surface area contributed by atoms with Gasteiger partial charge in [-0.25, -0.2) is 9.67 Å². The van der Waals surface area contributed by atoms with Gasteiger partial charge in [0.1, 0.15) is 0 Å². The molecule has 122 valence electrons. The second-order valence-corrected chi connectivity index (χ2v) is 6.86. The Morgan fingerprint density at radius 1 is 1.29 bits per heavy atom. The molecule has 1 aliphatic carbocycles. The molecule has 1 aromatic carbocycles. The topological polar surface area (TPSA) is 71.8 Å². The summed E-state index contributed by atoms with van der Waals surface area (Å²) in [7, 11) is 0. The van der Waals surface area contributed by atoms with Crippen LogP contribution in [0.2, 0.25) is 5.02 Å². The van der Waals surface area contributed by atoms with Crippen LogP contribution in [0.1, 0.15) is 34.8 Å². The van der Waals surface area contributed by atoms with E-state index >= 15 is 0 Å². The minimum absolute atomic E-state index is 0.213. The van der Waals surface area contributed by atoms with Crippen LogP contribution in [0.3, 0.4) is 0 Å². The molecular weight excluding hydrogens is 346 g/mol. The Balaban J connectivity index is 1.53. The van der Waals surface area contributed by atoms with Gasteiger partial charge in [0, 0.05) is 28.7 Å². The van der Waals surface area contributed by atoms with Gasteiger partial charge in [-0.05, 0) is 37.1 Å². The van der Waals surface area contributed by atoms with Gasteiger partial charge < -0.3 is 0 Å². The summed E-state index contributed by atoms with van der Waals surface area (Å²) in [4.78, 5) is 16.8. The van der Waals surface area contributed by atoms with E-state index in [9.17, 15) is 4.79 Å². The second-order valence-electron chi connectivity index (χ2n) is 5.55. The van der Waals surface area contributed by atoms with Crippen LogP contribution in [0, 0.1) is 0 Å². The maximum Gasteiger partial charge on any atom is 0.273 e. The highest BCUT2D eigenvalue weighted by Crippen LogP contribution is 2.41.